The summed E-state index contributed by atoms with van der Waals surface area (Å²) in [5.74, 6) is -0.362. The maximum absolute atomic E-state index is 14.0. The average Bonchev–Trinajstić information content (AvgIpc) is 2.79. The number of guanidine groups is 1. The molecule has 10 heteroatoms. The zero-order valence-corrected chi connectivity index (χ0v) is 20.2. The fraction of sp³-hybridized carbons (Fsp3) is 0.318. The minimum atomic E-state index is -0.588. The zero-order chi connectivity index (χ0) is 22.2. The summed E-state index contributed by atoms with van der Waals surface area (Å²) < 4.78 is 14.0. The first-order valence-corrected chi connectivity index (χ1v) is 10.1. The Morgan fingerprint density at radius 3 is 2.28 bits per heavy atom. The van der Waals surface area contributed by atoms with Gasteiger partial charge in [-0.05, 0) is 29.8 Å². The first kappa shape index (κ1) is 25.4. The molecule has 0 radical (unpaired) electrons. The highest BCUT2D eigenvalue weighted by atomic mass is 127. The van der Waals surface area contributed by atoms with Crippen molar-refractivity contribution in [3.05, 3.63) is 65.5 Å². The van der Waals surface area contributed by atoms with E-state index in [-0.39, 0.29) is 42.2 Å². The van der Waals surface area contributed by atoms with Gasteiger partial charge in [0.1, 0.15) is 5.82 Å². The number of nitrogens with zero attached hydrogens (tertiary/aromatic N) is 3. The molecule has 1 heterocycles. The number of carbonyl (C=O) groups is 2. The third kappa shape index (κ3) is 6.81. The first-order chi connectivity index (χ1) is 15.0. The lowest BCUT2D eigenvalue weighted by molar-refractivity contribution is -0.117. The second-order valence-corrected chi connectivity index (χ2v) is 7.17. The highest BCUT2D eigenvalue weighted by molar-refractivity contribution is 14.0. The third-order valence-corrected chi connectivity index (χ3v) is 5.07. The molecule has 0 aromatic heterocycles. The molecule has 172 valence electrons. The van der Waals surface area contributed by atoms with Crippen molar-refractivity contribution < 1.29 is 14.0 Å². The topological polar surface area (TPSA) is 103 Å². The molecule has 0 aliphatic carbocycles. The minimum absolute atomic E-state index is 0. The van der Waals surface area contributed by atoms with E-state index in [1.807, 2.05) is 23.1 Å². The fourth-order valence-electron chi connectivity index (χ4n) is 3.42. The SMILES string of the molecule is CN=C(NCc1ccc(C(=O)NCC(N)=O)cc1)N1CCN(c2ccccc2F)CC1.I. The summed E-state index contributed by atoms with van der Waals surface area (Å²) in [6.07, 6.45) is 0. The summed E-state index contributed by atoms with van der Waals surface area (Å²) in [7, 11) is 1.73. The van der Waals surface area contributed by atoms with Gasteiger partial charge in [0, 0.05) is 45.3 Å². The van der Waals surface area contributed by atoms with Crippen molar-refractivity contribution in [1.82, 2.24) is 15.5 Å². The van der Waals surface area contributed by atoms with E-state index in [0.29, 0.717) is 30.9 Å². The number of nitrogens with one attached hydrogen (secondary N) is 2. The number of aliphatic imine (C=N–C) groups is 1. The number of para-hydroxylation sites is 1. The molecular formula is C22H28FIN6O2. The lowest BCUT2D eigenvalue weighted by Gasteiger charge is -2.37. The average molecular weight is 554 g/mol. The van der Waals surface area contributed by atoms with Crippen molar-refractivity contribution in [1.29, 1.82) is 0 Å². The highest BCUT2D eigenvalue weighted by Crippen LogP contribution is 2.20. The Hall–Kier alpha value is -2.89. The molecule has 0 saturated carbocycles. The molecule has 2 aromatic carbocycles. The zero-order valence-electron chi connectivity index (χ0n) is 17.9. The molecule has 1 fully saturated rings. The maximum Gasteiger partial charge on any atom is 0.251 e. The monoisotopic (exact) mass is 554 g/mol. The number of hydrogen-bond acceptors (Lipinski definition) is 4. The molecule has 8 nitrogen and oxygen atoms in total. The fourth-order valence-corrected chi connectivity index (χ4v) is 3.42. The Morgan fingerprint density at radius 1 is 1.03 bits per heavy atom. The minimum Gasteiger partial charge on any atom is -0.368 e. The molecule has 1 saturated heterocycles. The van der Waals surface area contributed by atoms with Gasteiger partial charge in [-0.1, -0.05) is 24.3 Å². The number of benzene rings is 2. The number of piperazine rings is 1. The number of amides is 2. The van der Waals surface area contributed by atoms with Crippen molar-refractivity contribution in [2.75, 3.05) is 44.7 Å². The van der Waals surface area contributed by atoms with Crippen molar-refractivity contribution in [3.63, 3.8) is 0 Å². The molecule has 4 N–H and O–H groups in total. The van der Waals surface area contributed by atoms with Gasteiger partial charge in [0.2, 0.25) is 5.91 Å². The molecule has 1 aliphatic rings. The van der Waals surface area contributed by atoms with E-state index in [0.717, 1.165) is 24.6 Å². The number of hydrogen-bond donors (Lipinski definition) is 3. The van der Waals surface area contributed by atoms with Crippen LogP contribution in [0.4, 0.5) is 10.1 Å². The number of anilines is 1. The Morgan fingerprint density at radius 2 is 1.69 bits per heavy atom. The van der Waals surface area contributed by atoms with Crippen molar-refractivity contribution in [3.8, 4) is 0 Å². The molecule has 32 heavy (non-hydrogen) atoms. The molecule has 2 aromatic rings. The van der Waals surface area contributed by atoms with Gasteiger partial charge in [0.25, 0.3) is 5.91 Å². The molecule has 3 rings (SSSR count). The van der Waals surface area contributed by atoms with Crippen LogP contribution in [0.15, 0.2) is 53.5 Å². The maximum atomic E-state index is 14.0. The molecular weight excluding hydrogens is 526 g/mol. The van der Waals surface area contributed by atoms with Crippen LogP contribution < -0.4 is 21.3 Å². The second kappa shape index (κ2) is 12.2. The van der Waals surface area contributed by atoms with E-state index < -0.39 is 5.91 Å². The summed E-state index contributed by atoms with van der Waals surface area (Å²) in [5.41, 5.74) is 7.10. The standard InChI is InChI=1S/C22H27FN6O2.HI/c1-25-22(29-12-10-28(11-13-29)19-5-3-2-4-18(19)23)27-14-16-6-8-17(9-7-16)21(31)26-15-20(24)30;/h2-9H,10-15H2,1H3,(H2,24,30)(H,25,27)(H,26,31);1H. The summed E-state index contributed by atoms with van der Waals surface area (Å²) in [4.78, 5) is 31.3. The first-order valence-electron chi connectivity index (χ1n) is 10.1. The summed E-state index contributed by atoms with van der Waals surface area (Å²) in [6, 6.07) is 13.9. The van der Waals surface area contributed by atoms with E-state index >= 15 is 0 Å². The lowest BCUT2D eigenvalue weighted by Crippen LogP contribution is -2.52. The third-order valence-electron chi connectivity index (χ3n) is 5.07. The number of nitrogens with two attached hydrogens (primary N) is 1. The van der Waals surface area contributed by atoms with Gasteiger partial charge >= 0.3 is 0 Å². The van der Waals surface area contributed by atoms with Crippen LogP contribution in [0, 0.1) is 5.82 Å². The van der Waals surface area contributed by atoms with Gasteiger partial charge in [-0.25, -0.2) is 4.39 Å². The lowest BCUT2D eigenvalue weighted by atomic mass is 10.1. The molecule has 0 bridgehead atoms. The summed E-state index contributed by atoms with van der Waals surface area (Å²) in [5, 5.41) is 5.79. The largest absolute Gasteiger partial charge is 0.368 e. The van der Waals surface area contributed by atoms with Crippen LogP contribution in [0.5, 0.6) is 0 Å². The van der Waals surface area contributed by atoms with Gasteiger partial charge in [0.05, 0.1) is 12.2 Å². The van der Waals surface area contributed by atoms with Crippen LogP contribution in [-0.4, -0.2) is 62.4 Å². The number of rotatable bonds is 6. The van der Waals surface area contributed by atoms with Crippen LogP contribution in [0.25, 0.3) is 0 Å². The van der Waals surface area contributed by atoms with Crippen LogP contribution >= 0.6 is 24.0 Å². The quantitative estimate of drug-likeness (QED) is 0.286. The van der Waals surface area contributed by atoms with Gasteiger partial charge in [-0.3, -0.25) is 14.6 Å². The van der Waals surface area contributed by atoms with Crippen LogP contribution in [0.1, 0.15) is 15.9 Å². The second-order valence-electron chi connectivity index (χ2n) is 7.17. The van der Waals surface area contributed by atoms with Crippen LogP contribution in [-0.2, 0) is 11.3 Å². The van der Waals surface area contributed by atoms with Gasteiger partial charge < -0.3 is 26.2 Å². The van der Waals surface area contributed by atoms with Crippen LogP contribution in [0.2, 0.25) is 0 Å². The molecule has 0 unspecified atom stereocenters. The number of carbonyl (C=O) groups excluding carboxylic acids is 2. The van der Waals surface area contributed by atoms with E-state index in [1.165, 1.54) is 6.07 Å². The van der Waals surface area contributed by atoms with Crippen molar-refractivity contribution in [2.45, 2.75) is 6.54 Å². The van der Waals surface area contributed by atoms with Gasteiger partial charge in [0.15, 0.2) is 5.96 Å². The normalized spacial score (nSPS) is 13.9. The molecule has 0 spiro atoms. The number of primary amides is 1. The van der Waals surface area contributed by atoms with Crippen LogP contribution in [0.3, 0.4) is 0 Å². The highest BCUT2D eigenvalue weighted by Gasteiger charge is 2.21. The Balaban J connectivity index is 0.00000363. The van der Waals surface area contributed by atoms with E-state index in [1.54, 1.807) is 31.3 Å². The molecule has 0 atom stereocenters. The number of halogens is 2. The van der Waals surface area contributed by atoms with Crippen molar-refractivity contribution >= 4 is 47.4 Å². The van der Waals surface area contributed by atoms with Crippen molar-refractivity contribution in [2.24, 2.45) is 10.7 Å². The summed E-state index contributed by atoms with van der Waals surface area (Å²) >= 11 is 0. The van der Waals surface area contributed by atoms with E-state index in [9.17, 15) is 14.0 Å². The Bertz CT molecular complexity index is 946. The summed E-state index contributed by atoms with van der Waals surface area (Å²) in [6.45, 7) is 3.22. The smallest absolute Gasteiger partial charge is 0.251 e. The Labute approximate surface area is 204 Å². The predicted octanol–water partition coefficient (Wildman–Crippen LogP) is 1.56. The van der Waals surface area contributed by atoms with E-state index in [2.05, 4.69) is 20.5 Å². The van der Waals surface area contributed by atoms with Gasteiger partial charge in [-0.2, -0.15) is 0 Å². The Kier molecular flexibility index (Phi) is 9.69. The van der Waals surface area contributed by atoms with Gasteiger partial charge in [-0.15, -0.1) is 24.0 Å². The molecule has 1 aliphatic heterocycles. The van der Waals surface area contributed by atoms with E-state index in [4.69, 9.17) is 5.73 Å². The predicted molar refractivity (Wildman–Crippen MR) is 134 cm³/mol. The molecule has 2 amide bonds.